The Hall–Kier alpha value is -0.540. The molecule has 5 rings (SSSR count). The zero-order chi connectivity index (χ0) is 15.2. The number of hydrogen-bond acceptors (Lipinski definition) is 2. The minimum atomic E-state index is 0.401. The molecule has 4 saturated carbocycles. The molecule has 2 atom stereocenters. The topological polar surface area (TPSA) is 32.3 Å². The largest absolute Gasteiger partial charge is 0.508 e. The van der Waals surface area contributed by atoms with Crippen LogP contribution in [0.4, 0.5) is 0 Å². The Bertz CT molecular complexity index is 542. The molecule has 120 valence electrons. The average Bonchev–Trinajstić information content (AvgIpc) is 2.68. The van der Waals surface area contributed by atoms with E-state index in [1.165, 1.54) is 44.9 Å². The lowest BCUT2D eigenvalue weighted by atomic mass is 9.58. The number of rotatable bonds is 4. The summed E-state index contributed by atoms with van der Waals surface area (Å²) < 4.78 is 1.04. The first-order chi connectivity index (χ1) is 10.6. The molecule has 2 nitrogen and oxygen atoms in total. The Morgan fingerprint density at radius 2 is 1.77 bits per heavy atom. The third-order valence-corrected chi connectivity index (χ3v) is 6.83. The molecular formula is C19H26BrNO. The monoisotopic (exact) mass is 363 g/mol. The molecule has 4 bridgehead atoms. The number of benzene rings is 1. The molecule has 4 fully saturated rings. The van der Waals surface area contributed by atoms with E-state index >= 15 is 0 Å². The summed E-state index contributed by atoms with van der Waals surface area (Å²) in [6.07, 6.45) is 10.3. The summed E-state index contributed by atoms with van der Waals surface area (Å²) in [6.45, 7) is 1.90. The minimum Gasteiger partial charge on any atom is -0.508 e. The van der Waals surface area contributed by atoms with Crippen LogP contribution in [0.5, 0.6) is 5.75 Å². The first-order valence-corrected chi connectivity index (χ1v) is 9.59. The van der Waals surface area contributed by atoms with Crippen LogP contribution in [0.2, 0.25) is 0 Å². The van der Waals surface area contributed by atoms with Crippen LogP contribution >= 0.6 is 15.9 Å². The Morgan fingerprint density at radius 1 is 1.09 bits per heavy atom. The molecule has 0 radical (unpaired) electrons. The molecule has 0 spiro atoms. The molecule has 4 aliphatic carbocycles. The van der Waals surface area contributed by atoms with Crippen molar-refractivity contribution in [1.82, 2.24) is 5.32 Å². The van der Waals surface area contributed by atoms with E-state index in [0.717, 1.165) is 40.9 Å². The van der Waals surface area contributed by atoms with Crippen molar-refractivity contribution < 1.29 is 5.11 Å². The Balaban J connectivity index is 1.42. The molecular weight excluding hydrogens is 338 g/mol. The number of fused-ring (bicyclic) bond motifs is 1. The summed E-state index contributed by atoms with van der Waals surface area (Å²) >= 11 is 3.49. The van der Waals surface area contributed by atoms with Crippen molar-refractivity contribution in [2.45, 2.75) is 51.5 Å². The standard InChI is InChI=1S/C19H26BrNO/c20-17-3-4-18(22)16(7-17)11-21-12-19-8-13-1-2-14(9-19)6-15(5-13)10-19/h3-4,7,13-15,21-22H,1-2,5-6,8-12H2. The lowest BCUT2D eigenvalue weighted by Crippen LogP contribution is -2.44. The molecule has 1 aromatic carbocycles. The highest BCUT2D eigenvalue weighted by molar-refractivity contribution is 9.10. The van der Waals surface area contributed by atoms with Gasteiger partial charge in [0.15, 0.2) is 0 Å². The van der Waals surface area contributed by atoms with Crippen molar-refractivity contribution in [2.75, 3.05) is 6.54 Å². The van der Waals surface area contributed by atoms with Crippen LogP contribution in [0.25, 0.3) is 0 Å². The van der Waals surface area contributed by atoms with Crippen LogP contribution < -0.4 is 5.32 Å². The highest BCUT2D eigenvalue weighted by Crippen LogP contribution is 2.57. The van der Waals surface area contributed by atoms with Crippen molar-refractivity contribution in [1.29, 1.82) is 0 Å². The predicted octanol–water partition coefficient (Wildman–Crippen LogP) is 4.85. The van der Waals surface area contributed by atoms with Gasteiger partial charge in [-0.2, -0.15) is 0 Å². The molecule has 2 N–H and O–H groups in total. The summed E-state index contributed by atoms with van der Waals surface area (Å²) in [5.74, 6) is 3.39. The van der Waals surface area contributed by atoms with Gasteiger partial charge in [0.1, 0.15) is 5.75 Å². The lowest BCUT2D eigenvalue weighted by Gasteiger charge is -2.48. The maximum absolute atomic E-state index is 9.98. The molecule has 22 heavy (non-hydrogen) atoms. The average molecular weight is 364 g/mol. The number of phenols is 1. The van der Waals surface area contributed by atoms with Crippen molar-refractivity contribution >= 4 is 15.9 Å². The summed E-state index contributed by atoms with van der Waals surface area (Å²) in [6, 6.07) is 5.69. The van der Waals surface area contributed by atoms with Gasteiger partial charge < -0.3 is 10.4 Å². The van der Waals surface area contributed by atoms with Crippen molar-refractivity contribution in [2.24, 2.45) is 23.2 Å². The van der Waals surface area contributed by atoms with E-state index < -0.39 is 0 Å². The Morgan fingerprint density at radius 3 is 2.50 bits per heavy atom. The third-order valence-electron chi connectivity index (χ3n) is 6.34. The van der Waals surface area contributed by atoms with E-state index in [9.17, 15) is 5.11 Å². The van der Waals surface area contributed by atoms with E-state index in [0.29, 0.717) is 11.2 Å². The van der Waals surface area contributed by atoms with E-state index in [2.05, 4.69) is 21.2 Å². The molecule has 4 aliphatic rings. The van der Waals surface area contributed by atoms with Gasteiger partial charge in [0.05, 0.1) is 0 Å². The molecule has 0 aromatic heterocycles. The normalized spacial score (nSPS) is 36.5. The van der Waals surface area contributed by atoms with E-state index in [1.807, 2.05) is 12.1 Å². The summed E-state index contributed by atoms with van der Waals surface area (Å²) in [5, 5.41) is 13.7. The number of aromatic hydroxyl groups is 1. The van der Waals surface area contributed by atoms with Crippen molar-refractivity contribution in [3.05, 3.63) is 28.2 Å². The smallest absolute Gasteiger partial charge is 0.120 e. The maximum atomic E-state index is 9.98. The summed E-state index contributed by atoms with van der Waals surface area (Å²) in [5.41, 5.74) is 1.55. The summed E-state index contributed by atoms with van der Waals surface area (Å²) in [7, 11) is 0. The second-order valence-corrected chi connectivity index (χ2v) is 9.05. The van der Waals surface area contributed by atoms with E-state index in [4.69, 9.17) is 0 Å². The first kappa shape index (κ1) is 15.0. The fourth-order valence-corrected chi connectivity index (χ4v) is 6.15. The molecule has 3 heteroatoms. The summed E-state index contributed by atoms with van der Waals surface area (Å²) in [4.78, 5) is 0. The van der Waals surface area contributed by atoms with Crippen molar-refractivity contribution in [3.63, 3.8) is 0 Å². The molecule has 1 aromatic rings. The zero-order valence-electron chi connectivity index (χ0n) is 13.2. The molecule has 0 saturated heterocycles. The molecule has 0 aliphatic heterocycles. The van der Waals surface area contributed by atoms with Crippen LogP contribution in [-0.4, -0.2) is 11.7 Å². The van der Waals surface area contributed by atoms with Gasteiger partial charge in [-0.15, -0.1) is 0 Å². The predicted molar refractivity (Wildman–Crippen MR) is 92.7 cm³/mol. The SMILES string of the molecule is Oc1ccc(Br)cc1CNCC12CC3CCC(CC(C3)C1)C2. The van der Waals surface area contributed by atoms with Gasteiger partial charge in [-0.3, -0.25) is 0 Å². The Labute approximate surface area is 141 Å². The van der Waals surface area contributed by atoms with Gasteiger partial charge in [-0.05, 0) is 73.5 Å². The second-order valence-electron chi connectivity index (χ2n) is 8.14. The maximum Gasteiger partial charge on any atom is 0.120 e. The lowest BCUT2D eigenvalue weighted by molar-refractivity contribution is 0.0346. The molecule has 0 heterocycles. The van der Waals surface area contributed by atoms with Crippen LogP contribution in [0, 0.1) is 23.2 Å². The van der Waals surface area contributed by atoms with Gasteiger partial charge in [-0.25, -0.2) is 0 Å². The van der Waals surface area contributed by atoms with Crippen LogP contribution in [-0.2, 0) is 6.54 Å². The second kappa shape index (κ2) is 5.83. The van der Waals surface area contributed by atoms with Crippen LogP contribution in [0.1, 0.15) is 50.5 Å². The van der Waals surface area contributed by atoms with Crippen LogP contribution in [0.3, 0.4) is 0 Å². The highest BCUT2D eigenvalue weighted by Gasteiger charge is 2.47. The number of hydrogen-bond donors (Lipinski definition) is 2. The fraction of sp³-hybridized carbons (Fsp3) is 0.684. The highest BCUT2D eigenvalue weighted by atomic mass is 79.9. The molecule has 2 unspecified atom stereocenters. The van der Waals surface area contributed by atoms with Gasteiger partial charge in [0.25, 0.3) is 0 Å². The van der Waals surface area contributed by atoms with Gasteiger partial charge in [-0.1, -0.05) is 28.8 Å². The zero-order valence-corrected chi connectivity index (χ0v) is 14.7. The fourth-order valence-electron chi connectivity index (χ4n) is 5.75. The van der Waals surface area contributed by atoms with Gasteiger partial charge >= 0.3 is 0 Å². The van der Waals surface area contributed by atoms with Gasteiger partial charge in [0, 0.05) is 23.1 Å². The molecule has 0 amide bonds. The third kappa shape index (κ3) is 2.94. The number of phenolic OH excluding ortho intramolecular Hbond substituents is 1. The minimum absolute atomic E-state index is 0.401. The van der Waals surface area contributed by atoms with Crippen LogP contribution in [0.15, 0.2) is 22.7 Å². The first-order valence-electron chi connectivity index (χ1n) is 8.80. The number of halogens is 1. The van der Waals surface area contributed by atoms with Gasteiger partial charge in [0.2, 0.25) is 0 Å². The number of nitrogens with one attached hydrogen (secondary N) is 1. The van der Waals surface area contributed by atoms with E-state index in [-0.39, 0.29) is 0 Å². The quantitative estimate of drug-likeness (QED) is 0.800. The van der Waals surface area contributed by atoms with E-state index in [1.54, 1.807) is 6.07 Å². The van der Waals surface area contributed by atoms with Crippen molar-refractivity contribution in [3.8, 4) is 5.75 Å². The Kier molecular flexibility index (Phi) is 3.98.